The van der Waals surface area contributed by atoms with E-state index in [0.29, 0.717) is 30.2 Å². The van der Waals surface area contributed by atoms with Crippen LogP contribution in [0.1, 0.15) is 54.9 Å². The normalized spacial score (nSPS) is 15.1. The highest BCUT2D eigenvalue weighted by atomic mass is 16.6. The van der Waals surface area contributed by atoms with Gasteiger partial charge in [-0.1, -0.05) is 140 Å². The van der Waals surface area contributed by atoms with Gasteiger partial charge in [0.2, 0.25) is 0 Å². The number of rotatable bonds is 10. The van der Waals surface area contributed by atoms with Gasteiger partial charge in [-0.25, -0.2) is 4.79 Å². The van der Waals surface area contributed by atoms with Gasteiger partial charge in [0.1, 0.15) is 11.5 Å². The molecule has 0 saturated carbocycles. The van der Waals surface area contributed by atoms with Crippen molar-refractivity contribution in [3.63, 3.8) is 0 Å². The zero-order chi connectivity index (χ0) is 36.5. The van der Waals surface area contributed by atoms with E-state index in [1.807, 2.05) is 48.5 Å². The van der Waals surface area contributed by atoms with Gasteiger partial charge < -0.3 is 19.3 Å². The molecule has 0 aromatic heterocycles. The van der Waals surface area contributed by atoms with Crippen LogP contribution in [0, 0.1) is 6.92 Å². The van der Waals surface area contributed by atoms with Gasteiger partial charge in [-0.05, 0) is 65.1 Å². The molecule has 7 aromatic carbocycles. The molecule has 5 heteroatoms. The van der Waals surface area contributed by atoms with E-state index in [-0.39, 0.29) is 5.97 Å². The van der Waals surface area contributed by atoms with Crippen LogP contribution < -0.4 is 14.5 Å². The number of ether oxygens (including phenoxy) is 2. The Morgan fingerprint density at radius 2 is 0.963 bits per heavy atom. The summed E-state index contributed by atoms with van der Waals surface area (Å²) in [5, 5.41) is 0. The summed E-state index contributed by atoms with van der Waals surface area (Å²) >= 11 is 0. The van der Waals surface area contributed by atoms with Crippen LogP contribution >= 0.6 is 0 Å². The van der Waals surface area contributed by atoms with Crippen LogP contribution in [-0.2, 0) is 36.5 Å². The fourth-order valence-corrected chi connectivity index (χ4v) is 8.01. The second-order valence-electron chi connectivity index (χ2n) is 14.2. The van der Waals surface area contributed by atoms with E-state index in [1.54, 1.807) is 0 Å². The van der Waals surface area contributed by atoms with Gasteiger partial charge >= 0.3 is 5.97 Å². The van der Waals surface area contributed by atoms with E-state index < -0.39 is 5.60 Å². The predicted molar refractivity (Wildman–Crippen MR) is 215 cm³/mol. The van der Waals surface area contributed by atoms with Crippen LogP contribution in [0.2, 0.25) is 0 Å². The maximum atomic E-state index is 13.8. The van der Waals surface area contributed by atoms with E-state index in [9.17, 15) is 4.79 Å². The van der Waals surface area contributed by atoms with Gasteiger partial charge in [-0.15, -0.1) is 0 Å². The molecule has 1 atom stereocenters. The minimum absolute atomic E-state index is 0.337. The molecule has 0 saturated heterocycles. The third-order valence-corrected chi connectivity index (χ3v) is 10.6. The molecule has 0 fully saturated rings. The minimum Gasteiger partial charge on any atom is -0.456 e. The molecule has 9 rings (SSSR count). The summed E-state index contributed by atoms with van der Waals surface area (Å²) in [6.07, 6.45) is 0. The fraction of sp³-hybridized carbons (Fsp3) is 0.122. The van der Waals surface area contributed by atoms with Crippen molar-refractivity contribution >= 4 is 17.3 Å². The Bertz CT molecular complexity index is 2350. The van der Waals surface area contributed by atoms with Crippen LogP contribution in [-0.4, -0.2) is 5.97 Å². The van der Waals surface area contributed by atoms with Crippen molar-refractivity contribution < 1.29 is 14.3 Å². The second-order valence-corrected chi connectivity index (χ2v) is 14.2. The quantitative estimate of drug-likeness (QED) is 0.133. The Labute approximate surface area is 316 Å². The number of carbonyl (C=O) groups is 1. The monoisotopic (exact) mass is 704 g/mol. The molecule has 2 heterocycles. The molecule has 54 heavy (non-hydrogen) atoms. The Morgan fingerprint density at radius 1 is 0.481 bits per heavy atom. The van der Waals surface area contributed by atoms with E-state index in [4.69, 9.17) is 9.47 Å². The summed E-state index contributed by atoms with van der Waals surface area (Å²) in [4.78, 5) is 18.6. The van der Waals surface area contributed by atoms with Crippen molar-refractivity contribution in [1.29, 1.82) is 0 Å². The smallest absolute Gasteiger partial charge is 0.340 e. The minimum atomic E-state index is -1.19. The van der Waals surface area contributed by atoms with Gasteiger partial charge in [0.15, 0.2) is 5.60 Å². The number of esters is 1. The summed E-state index contributed by atoms with van der Waals surface area (Å²) in [6.45, 7) is 4.98. The number of nitrogens with zero attached hydrogens (tertiary/aromatic N) is 2. The molecule has 5 nitrogen and oxygen atoms in total. The van der Waals surface area contributed by atoms with Crippen LogP contribution in [0.25, 0.3) is 0 Å². The molecule has 0 amide bonds. The van der Waals surface area contributed by atoms with Crippen molar-refractivity contribution in [1.82, 2.24) is 0 Å². The van der Waals surface area contributed by atoms with E-state index in [0.717, 1.165) is 46.7 Å². The van der Waals surface area contributed by atoms with Crippen LogP contribution in [0.4, 0.5) is 11.4 Å². The lowest BCUT2D eigenvalue weighted by molar-refractivity contribution is 0.0224. The lowest BCUT2D eigenvalue weighted by atomic mass is 9.77. The predicted octanol–water partition coefficient (Wildman–Crippen LogP) is 11.0. The van der Waals surface area contributed by atoms with Crippen molar-refractivity contribution in [3.8, 4) is 11.5 Å². The Morgan fingerprint density at radius 3 is 1.52 bits per heavy atom. The average molecular weight is 705 g/mol. The molecule has 0 bridgehead atoms. The van der Waals surface area contributed by atoms with E-state index in [1.165, 1.54) is 22.3 Å². The fourth-order valence-electron chi connectivity index (χ4n) is 8.01. The summed E-state index contributed by atoms with van der Waals surface area (Å²) < 4.78 is 13.6. The number of hydrogen-bond acceptors (Lipinski definition) is 5. The molecule has 2 aliphatic rings. The first kappa shape index (κ1) is 33.3. The van der Waals surface area contributed by atoms with E-state index >= 15 is 0 Å². The summed E-state index contributed by atoms with van der Waals surface area (Å²) in [5.41, 5.74) is 9.83. The molecule has 264 valence electrons. The number of hydrogen-bond donors (Lipinski definition) is 0. The topological polar surface area (TPSA) is 42.0 Å². The summed E-state index contributed by atoms with van der Waals surface area (Å²) in [7, 11) is 0. The van der Waals surface area contributed by atoms with Crippen LogP contribution in [0.15, 0.2) is 176 Å². The van der Waals surface area contributed by atoms with Crippen molar-refractivity contribution in [3.05, 3.63) is 226 Å². The highest BCUT2D eigenvalue weighted by Gasteiger charge is 2.54. The average Bonchev–Trinajstić information content (AvgIpc) is 3.50. The maximum Gasteiger partial charge on any atom is 0.340 e. The Balaban J connectivity index is 1.18. The molecule has 0 aliphatic carbocycles. The molecular weight excluding hydrogens is 665 g/mol. The van der Waals surface area contributed by atoms with Crippen LogP contribution in [0.5, 0.6) is 11.5 Å². The molecule has 0 N–H and O–H groups in total. The number of carbonyl (C=O) groups excluding carboxylic acids is 1. The molecular formula is C49H40N2O3. The number of aryl methyl sites for hydroxylation is 1. The second kappa shape index (κ2) is 14.1. The highest BCUT2D eigenvalue weighted by molar-refractivity contribution is 5.97. The SMILES string of the molecule is Cc1cc2c(cc1N(Cc1ccccc1)Cc1ccccc1)C1(OC(=O)c3ccccc31)c1ccc(N(Cc3ccccc3)Cc3ccccc3)cc1O2. The number of benzene rings is 7. The van der Waals surface area contributed by atoms with Crippen molar-refractivity contribution in [2.24, 2.45) is 0 Å². The first-order chi connectivity index (χ1) is 26.5. The zero-order valence-electron chi connectivity index (χ0n) is 30.2. The first-order valence-corrected chi connectivity index (χ1v) is 18.5. The van der Waals surface area contributed by atoms with Crippen molar-refractivity contribution in [2.75, 3.05) is 9.80 Å². The molecule has 0 radical (unpaired) electrons. The summed E-state index contributed by atoms with van der Waals surface area (Å²) in [6, 6.07) is 60.6. The Kier molecular flexibility index (Phi) is 8.68. The van der Waals surface area contributed by atoms with Gasteiger partial charge in [-0.2, -0.15) is 0 Å². The molecule has 2 aliphatic heterocycles. The van der Waals surface area contributed by atoms with Crippen LogP contribution in [0.3, 0.4) is 0 Å². The van der Waals surface area contributed by atoms with Gasteiger partial charge in [-0.3, -0.25) is 0 Å². The standard InChI is InChI=1S/C49H40N2O3/c1-35-28-46-44(30-45(35)51(33-38-20-10-4-11-21-38)34-39-22-12-5-13-23-39)49(42-25-15-14-24-41(42)48(52)54-49)43-27-26-40(29-47(43)53-46)50(31-36-16-6-2-7-17-36)32-37-18-8-3-9-19-37/h2-30H,31-34H2,1H3. The largest absolute Gasteiger partial charge is 0.456 e. The number of anilines is 2. The molecule has 1 spiro atoms. The van der Waals surface area contributed by atoms with Crippen molar-refractivity contribution in [2.45, 2.75) is 38.7 Å². The third kappa shape index (κ3) is 6.18. The number of fused-ring (bicyclic) bond motifs is 6. The van der Waals surface area contributed by atoms with E-state index in [2.05, 4.69) is 144 Å². The maximum absolute atomic E-state index is 13.8. The molecule has 1 unspecified atom stereocenters. The van der Waals surface area contributed by atoms with Gasteiger partial charge in [0.25, 0.3) is 0 Å². The first-order valence-electron chi connectivity index (χ1n) is 18.5. The third-order valence-electron chi connectivity index (χ3n) is 10.6. The van der Waals surface area contributed by atoms with Gasteiger partial charge in [0, 0.05) is 60.3 Å². The Hall–Kier alpha value is -6.59. The lowest BCUT2D eigenvalue weighted by Gasteiger charge is -2.39. The zero-order valence-corrected chi connectivity index (χ0v) is 30.2. The highest BCUT2D eigenvalue weighted by Crippen LogP contribution is 2.57. The molecule has 7 aromatic rings. The summed E-state index contributed by atoms with van der Waals surface area (Å²) in [5.74, 6) is 1.02. The van der Waals surface area contributed by atoms with Gasteiger partial charge in [0.05, 0.1) is 5.56 Å². The lowest BCUT2D eigenvalue weighted by Crippen LogP contribution is -2.34.